The van der Waals surface area contributed by atoms with Gasteiger partial charge in [0.1, 0.15) is 6.04 Å². The Morgan fingerprint density at radius 3 is 2.07 bits per heavy atom. The minimum Gasteiger partial charge on any atom is -0.326 e. The molecular formula is C20H21N3O5S. The number of amides is 3. The molecule has 2 N–H and O–H groups in total. The number of nitrogens with one attached hydrogen (secondary N) is 2. The van der Waals surface area contributed by atoms with Gasteiger partial charge in [0.05, 0.1) is 4.90 Å². The maximum absolute atomic E-state index is 13.0. The SMILES string of the molecule is CC(=O)Nc1ccc(NC(=O)[C@H]2CCC(=O)N2S(=O)(=O)c2ccc(C)cc2)cc1. The monoisotopic (exact) mass is 415 g/mol. The van der Waals surface area contributed by atoms with E-state index in [4.69, 9.17) is 0 Å². The Morgan fingerprint density at radius 2 is 1.52 bits per heavy atom. The maximum atomic E-state index is 13.0. The van der Waals surface area contributed by atoms with Crippen LogP contribution in [0.2, 0.25) is 0 Å². The van der Waals surface area contributed by atoms with E-state index in [1.165, 1.54) is 19.1 Å². The van der Waals surface area contributed by atoms with Crippen molar-refractivity contribution in [1.29, 1.82) is 0 Å². The van der Waals surface area contributed by atoms with Gasteiger partial charge in [-0.3, -0.25) is 14.4 Å². The molecule has 0 bridgehead atoms. The van der Waals surface area contributed by atoms with E-state index in [1.807, 2.05) is 6.92 Å². The summed E-state index contributed by atoms with van der Waals surface area (Å²) >= 11 is 0. The second-order valence-corrected chi connectivity index (χ2v) is 8.62. The van der Waals surface area contributed by atoms with Crippen LogP contribution in [0, 0.1) is 6.92 Å². The third-order valence-electron chi connectivity index (χ3n) is 4.51. The molecule has 1 heterocycles. The van der Waals surface area contributed by atoms with Gasteiger partial charge in [0.2, 0.25) is 17.7 Å². The Morgan fingerprint density at radius 1 is 0.966 bits per heavy atom. The molecule has 0 saturated carbocycles. The lowest BCUT2D eigenvalue weighted by Gasteiger charge is -2.23. The number of carbonyl (C=O) groups excluding carboxylic acids is 3. The summed E-state index contributed by atoms with van der Waals surface area (Å²) in [4.78, 5) is 36.1. The van der Waals surface area contributed by atoms with Gasteiger partial charge in [-0.15, -0.1) is 0 Å². The van der Waals surface area contributed by atoms with Gasteiger partial charge >= 0.3 is 0 Å². The number of sulfonamides is 1. The van der Waals surface area contributed by atoms with Crippen LogP contribution in [0.3, 0.4) is 0 Å². The van der Waals surface area contributed by atoms with Gasteiger partial charge in [-0.1, -0.05) is 17.7 Å². The molecule has 29 heavy (non-hydrogen) atoms. The van der Waals surface area contributed by atoms with E-state index in [9.17, 15) is 22.8 Å². The third-order valence-corrected chi connectivity index (χ3v) is 6.36. The first kappa shape index (κ1) is 20.5. The number of anilines is 2. The fraction of sp³-hybridized carbons (Fsp3) is 0.250. The van der Waals surface area contributed by atoms with E-state index in [-0.39, 0.29) is 23.6 Å². The van der Waals surface area contributed by atoms with Crippen molar-refractivity contribution < 1.29 is 22.8 Å². The molecule has 152 valence electrons. The van der Waals surface area contributed by atoms with Crippen LogP contribution in [0.15, 0.2) is 53.4 Å². The highest BCUT2D eigenvalue weighted by molar-refractivity contribution is 7.89. The lowest BCUT2D eigenvalue weighted by molar-refractivity contribution is -0.128. The summed E-state index contributed by atoms with van der Waals surface area (Å²) in [5, 5.41) is 5.25. The number of hydrogen-bond donors (Lipinski definition) is 2. The Hall–Kier alpha value is -3.20. The molecule has 1 aliphatic rings. The van der Waals surface area contributed by atoms with Crippen molar-refractivity contribution in [3.63, 3.8) is 0 Å². The molecular weight excluding hydrogens is 394 g/mol. The molecule has 2 aromatic carbocycles. The standard InChI is InChI=1S/C20H21N3O5S/c1-13-3-9-17(10-4-13)29(27,28)23-18(11-12-19(23)25)20(26)22-16-7-5-15(6-8-16)21-14(2)24/h3-10,18H,11-12H2,1-2H3,(H,21,24)(H,22,26)/t18-/m1/s1. The van der Waals surface area contributed by atoms with Gasteiger partial charge in [0.25, 0.3) is 10.0 Å². The number of rotatable bonds is 5. The van der Waals surface area contributed by atoms with Crippen LogP contribution in [-0.4, -0.2) is 36.5 Å². The summed E-state index contributed by atoms with van der Waals surface area (Å²) in [6, 6.07) is 11.4. The highest BCUT2D eigenvalue weighted by Crippen LogP contribution is 2.28. The van der Waals surface area contributed by atoms with Crippen LogP contribution in [0.4, 0.5) is 11.4 Å². The molecule has 9 heteroatoms. The summed E-state index contributed by atoms with van der Waals surface area (Å²) in [5.74, 6) is -1.41. The van der Waals surface area contributed by atoms with Gasteiger partial charge in [-0.05, 0) is 49.7 Å². The predicted molar refractivity (Wildman–Crippen MR) is 108 cm³/mol. The molecule has 1 aliphatic heterocycles. The second-order valence-electron chi connectivity index (χ2n) is 6.81. The first-order valence-electron chi connectivity index (χ1n) is 9.01. The average Bonchev–Trinajstić information content (AvgIpc) is 3.06. The summed E-state index contributed by atoms with van der Waals surface area (Å²) in [6.45, 7) is 3.21. The average molecular weight is 415 g/mol. The molecule has 0 spiro atoms. The zero-order valence-electron chi connectivity index (χ0n) is 16.0. The van der Waals surface area contributed by atoms with Crippen LogP contribution >= 0.6 is 0 Å². The molecule has 1 atom stereocenters. The van der Waals surface area contributed by atoms with Gasteiger partial charge in [-0.25, -0.2) is 12.7 Å². The smallest absolute Gasteiger partial charge is 0.267 e. The Labute approximate surface area is 169 Å². The summed E-state index contributed by atoms with van der Waals surface area (Å²) in [6.07, 6.45) is 0.0877. The van der Waals surface area contributed by atoms with E-state index in [2.05, 4.69) is 10.6 Å². The lowest BCUT2D eigenvalue weighted by Crippen LogP contribution is -2.45. The minimum atomic E-state index is -4.14. The molecule has 8 nitrogen and oxygen atoms in total. The highest BCUT2D eigenvalue weighted by atomic mass is 32.2. The van der Waals surface area contributed by atoms with Crippen molar-refractivity contribution in [3.05, 3.63) is 54.1 Å². The van der Waals surface area contributed by atoms with E-state index in [0.29, 0.717) is 15.7 Å². The summed E-state index contributed by atoms with van der Waals surface area (Å²) in [5.41, 5.74) is 1.87. The van der Waals surface area contributed by atoms with Crippen molar-refractivity contribution in [2.24, 2.45) is 0 Å². The van der Waals surface area contributed by atoms with E-state index in [1.54, 1.807) is 36.4 Å². The number of nitrogens with zero attached hydrogens (tertiary/aromatic N) is 1. The number of benzene rings is 2. The molecule has 3 rings (SSSR count). The van der Waals surface area contributed by atoms with Crippen molar-refractivity contribution in [2.75, 3.05) is 10.6 Å². The quantitative estimate of drug-likeness (QED) is 0.778. The molecule has 3 amide bonds. The molecule has 0 radical (unpaired) electrons. The molecule has 2 aromatic rings. The zero-order chi connectivity index (χ0) is 21.2. The van der Waals surface area contributed by atoms with Crippen molar-refractivity contribution in [2.45, 2.75) is 37.6 Å². The van der Waals surface area contributed by atoms with Gasteiger partial charge in [0.15, 0.2) is 0 Å². The molecule has 0 aliphatic carbocycles. The zero-order valence-corrected chi connectivity index (χ0v) is 16.8. The van der Waals surface area contributed by atoms with Crippen LogP contribution in [-0.2, 0) is 24.4 Å². The Bertz CT molecular complexity index is 1050. The van der Waals surface area contributed by atoms with Crippen LogP contribution < -0.4 is 10.6 Å². The largest absolute Gasteiger partial charge is 0.326 e. The number of aryl methyl sites for hydroxylation is 1. The highest BCUT2D eigenvalue weighted by Gasteiger charge is 2.44. The Balaban J connectivity index is 1.80. The number of carbonyl (C=O) groups is 3. The second kappa shape index (κ2) is 8.04. The van der Waals surface area contributed by atoms with Crippen LogP contribution in [0.25, 0.3) is 0 Å². The van der Waals surface area contributed by atoms with Crippen molar-refractivity contribution in [3.8, 4) is 0 Å². The van der Waals surface area contributed by atoms with Gasteiger partial charge in [0, 0.05) is 24.7 Å². The minimum absolute atomic E-state index is 0.0232. The fourth-order valence-corrected chi connectivity index (χ4v) is 4.69. The van der Waals surface area contributed by atoms with E-state index < -0.39 is 27.9 Å². The molecule has 1 fully saturated rings. The van der Waals surface area contributed by atoms with Gasteiger partial charge in [-0.2, -0.15) is 0 Å². The molecule has 1 saturated heterocycles. The van der Waals surface area contributed by atoms with Crippen molar-refractivity contribution >= 4 is 39.1 Å². The third kappa shape index (κ3) is 4.45. The Kier molecular flexibility index (Phi) is 5.69. The first-order chi connectivity index (χ1) is 13.7. The summed E-state index contributed by atoms with van der Waals surface area (Å²) < 4.78 is 26.6. The maximum Gasteiger partial charge on any atom is 0.267 e. The van der Waals surface area contributed by atoms with E-state index in [0.717, 1.165) is 5.56 Å². The number of hydrogen-bond acceptors (Lipinski definition) is 5. The topological polar surface area (TPSA) is 113 Å². The molecule has 0 aromatic heterocycles. The fourth-order valence-electron chi connectivity index (χ4n) is 3.09. The first-order valence-corrected chi connectivity index (χ1v) is 10.4. The normalized spacial score (nSPS) is 16.6. The van der Waals surface area contributed by atoms with Gasteiger partial charge < -0.3 is 10.6 Å². The van der Waals surface area contributed by atoms with E-state index >= 15 is 0 Å². The van der Waals surface area contributed by atoms with Crippen LogP contribution in [0.5, 0.6) is 0 Å². The molecule has 0 unspecified atom stereocenters. The summed E-state index contributed by atoms with van der Waals surface area (Å²) in [7, 11) is -4.14. The lowest BCUT2D eigenvalue weighted by atomic mass is 10.2. The van der Waals surface area contributed by atoms with Crippen LogP contribution in [0.1, 0.15) is 25.3 Å². The predicted octanol–water partition coefficient (Wildman–Crippen LogP) is 2.27. The van der Waals surface area contributed by atoms with Crippen molar-refractivity contribution in [1.82, 2.24) is 4.31 Å².